The van der Waals surface area contributed by atoms with Crippen molar-refractivity contribution in [1.29, 1.82) is 5.26 Å². The second-order valence-electron chi connectivity index (χ2n) is 8.57. The minimum atomic E-state index is -0.506. The quantitative estimate of drug-likeness (QED) is 0.208. The largest absolute Gasteiger partial charge is 0.489 e. The smallest absolute Gasteiger partial charge is 0.266 e. The number of halogens is 2. The summed E-state index contributed by atoms with van der Waals surface area (Å²) in [4.78, 5) is 12.8. The minimum Gasteiger partial charge on any atom is -0.489 e. The van der Waals surface area contributed by atoms with E-state index in [0.717, 1.165) is 28.2 Å². The third-order valence-electron chi connectivity index (χ3n) is 6.10. The molecule has 0 radical (unpaired) electrons. The van der Waals surface area contributed by atoms with Crippen molar-refractivity contribution in [3.05, 3.63) is 117 Å². The Labute approximate surface area is 220 Å². The van der Waals surface area contributed by atoms with Crippen LogP contribution in [-0.2, 0) is 11.4 Å². The fourth-order valence-electron chi connectivity index (χ4n) is 4.04. The van der Waals surface area contributed by atoms with E-state index in [4.69, 9.17) is 16.3 Å². The Hall–Kier alpha value is -4.34. The van der Waals surface area contributed by atoms with E-state index in [1.807, 2.05) is 54.8 Å². The molecule has 0 saturated heterocycles. The maximum atomic E-state index is 13.8. The van der Waals surface area contributed by atoms with Gasteiger partial charge >= 0.3 is 0 Å². The highest BCUT2D eigenvalue weighted by atomic mass is 35.5. The lowest BCUT2D eigenvalue weighted by atomic mass is 10.1. The van der Waals surface area contributed by atoms with Crippen molar-refractivity contribution in [3.8, 4) is 17.5 Å². The molecule has 0 aliphatic carbocycles. The van der Waals surface area contributed by atoms with Gasteiger partial charge in [-0.15, -0.1) is 0 Å². The first-order valence-electron chi connectivity index (χ1n) is 11.6. The van der Waals surface area contributed by atoms with Gasteiger partial charge in [0.2, 0.25) is 0 Å². The average Bonchev–Trinajstić information content (AvgIpc) is 3.17. The standard InChI is InChI=1S/C30H25ClFN3O2/c1-19-15-23(16-24(17-33)30(36)34-29-10-6-8-27(31)20(29)2)21(3)35(19)25-11-13-26(14-12-25)37-18-22-7-4-5-9-28(22)32/h4-16H,18H2,1-3H3,(H,34,36)/b24-16-. The van der Waals surface area contributed by atoms with E-state index in [-0.39, 0.29) is 18.0 Å². The van der Waals surface area contributed by atoms with Crippen LogP contribution in [0, 0.1) is 37.9 Å². The van der Waals surface area contributed by atoms with Crippen molar-refractivity contribution in [1.82, 2.24) is 4.57 Å². The number of amides is 1. The van der Waals surface area contributed by atoms with Crippen LogP contribution in [0.3, 0.4) is 0 Å². The summed E-state index contributed by atoms with van der Waals surface area (Å²) in [6, 6.07) is 23.1. The van der Waals surface area contributed by atoms with Crippen LogP contribution in [0.25, 0.3) is 11.8 Å². The van der Waals surface area contributed by atoms with Crippen molar-refractivity contribution in [2.75, 3.05) is 5.32 Å². The first-order valence-corrected chi connectivity index (χ1v) is 12.0. The average molecular weight is 514 g/mol. The number of rotatable bonds is 7. The van der Waals surface area contributed by atoms with E-state index >= 15 is 0 Å². The maximum absolute atomic E-state index is 13.8. The van der Waals surface area contributed by atoms with Crippen molar-refractivity contribution >= 4 is 29.3 Å². The summed E-state index contributed by atoms with van der Waals surface area (Å²) < 4.78 is 21.6. The van der Waals surface area contributed by atoms with Gasteiger partial charge < -0.3 is 14.6 Å². The van der Waals surface area contributed by atoms with E-state index in [9.17, 15) is 14.4 Å². The molecular weight excluding hydrogens is 489 g/mol. The van der Waals surface area contributed by atoms with Crippen molar-refractivity contribution in [2.24, 2.45) is 0 Å². The lowest BCUT2D eigenvalue weighted by Gasteiger charge is -2.12. The van der Waals surface area contributed by atoms with Gasteiger partial charge in [-0.1, -0.05) is 35.9 Å². The number of carbonyl (C=O) groups is 1. The SMILES string of the molecule is Cc1c(Cl)cccc1NC(=O)/C(C#N)=C\c1cc(C)n(-c2ccc(OCc3ccccc3F)cc2)c1C. The van der Waals surface area contributed by atoms with Gasteiger partial charge in [-0.25, -0.2) is 4.39 Å². The van der Waals surface area contributed by atoms with Crippen molar-refractivity contribution in [2.45, 2.75) is 27.4 Å². The lowest BCUT2D eigenvalue weighted by Crippen LogP contribution is -2.14. The van der Waals surface area contributed by atoms with Crippen molar-refractivity contribution < 1.29 is 13.9 Å². The van der Waals surface area contributed by atoms with Crippen LogP contribution in [-0.4, -0.2) is 10.5 Å². The number of nitrogens with zero attached hydrogens (tertiary/aromatic N) is 2. The summed E-state index contributed by atoms with van der Waals surface area (Å²) in [5, 5.41) is 13.0. The van der Waals surface area contributed by atoms with Gasteiger partial charge in [0.05, 0.1) is 0 Å². The fraction of sp³-hybridized carbons (Fsp3) is 0.133. The molecule has 186 valence electrons. The highest BCUT2D eigenvalue weighted by molar-refractivity contribution is 6.31. The molecule has 1 aromatic heterocycles. The molecule has 1 heterocycles. The molecule has 1 N–H and O–H groups in total. The number of aryl methyl sites for hydroxylation is 1. The molecule has 5 nitrogen and oxygen atoms in total. The molecule has 0 spiro atoms. The zero-order valence-electron chi connectivity index (χ0n) is 20.7. The van der Waals surface area contributed by atoms with E-state index in [1.165, 1.54) is 6.07 Å². The molecule has 4 aromatic rings. The van der Waals surface area contributed by atoms with E-state index in [1.54, 1.807) is 49.4 Å². The molecule has 0 saturated carbocycles. The van der Waals surface area contributed by atoms with Gasteiger partial charge in [-0.05, 0) is 86.5 Å². The Bertz CT molecular complexity index is 1530. The Morgan fingerprint density at radius 2 is 1.81 bits per heavy atom. The minimum absolute atomic E-state index is 0.0171. The first-order chi connectivity index (χ1) is 17.8. The predicted molar refractivity (Wildman–Crippen MR) is 144 cm³/mol. The zero-order valence-corrected chi connectivity index (χ0v) is 21.4. The third-order valence-corrected chi connectivity index (χ3v) is 6.51. The fourth-order valence-corrected chi connectivity index (χ4v) is 4.21. The predicted octanol–water partition coefficient (Wildman–Crippen LogP) is 7.32. The first kappa shape index (κ1) is 25.7. The number of nitrogens with one attached hydrogen (secondary N) is 1. The van der Waals surface area contributed by atoms with E-state index in [0.29, 0.717) is 22.0 Å². The number of anilines is 1. The topological polar surface area (TPSA) is 67.0 Å². The number of aromatic nitrogens is 1. The normalized spacial score (nSPS) is 11.2. The Kier molecular flexibility index (Phi) is 7.76. The van der Waals surface area contributed by atoms with Crippen LogP contribution in [0.2, 0.25) is 5.02 Å². The second kappa shape index (κ2) is 11.2. The molecule has 4 rings (SSSR count). The summed E-state index contributed by atoms with van der Waals surface area (Å²) in [5.41, 5.74) is 5.22. The zero-order chi connectivity index (χ0) is 26.5. The summed E-state index contributed by atoms with van der Waals surface area (Å²) in [6.45, 7) is 5.82. The molecular formula is C30H25ClFN3O2. The lowest BCUT2D eigenvalue weighted by molar-refractivity contribution is -0.112. The molecule has 0 aliphatic heterocycles. The van der Waals surface area contributed by atoms with Crippen molar-refractivity contribution in [3.63, 3.8) is 0 Å². The van der Waals surface area contributed by atoms with Gasteiger partial charge in [0, 0.05) is 33.3 Å². The Morgan fingerprint density at radius 1 is 1.08 bits per heavy atom. The maximum Gasteiger partial charge on any atom is 0.266 e. The molecule has 7 heteroatoms. The second-order valence-corrected chi connectivity index (χ2v) is 8.98. The number of hydrogen-bond acceptors (Lipinski definition) is 3. The monoisotopic (exact) mass is 513 g/mol. The number of ether oxygens (including phenoxy) is 1. The number of carbonyl (C=O) groups excluding carboxylic acids is 1. The summed E-state index contributed by atoms with van der Waals surface area (Å²) >= 11 is 6.14. The molecule has 0 fully saturated rings. The summed E-state index contributed by atoms with van der Waals surface area (Å²) in [5.74, 6) is -0.185. The van der Waals surface area contributed by atoms with Crippen LogP contribution in [0.1, 0.15) is 28.1 Å². The molecule has 1 amide bonds. The van der Waals surface area contributed by atoms with Crippen LogP contribution in [0.5, 0.6) is 5.75 Å². The molecule has 0 bridgehead atoms. The molecule has 0 unspecified atom stereocenters. The van der Waals surface area contributed by atoms with E-state index in [2.05, 4.69) is 5.32 Å². The Morgan fingerprint density at radius 3 is 2.51 bits per heavy atom. The Balaban J connectivity index is 1.53. The summed E-state index contributed by atoms with van der Waals surface area (Å²) in [7, 11) is 0. The molecule has 0 atom stereocenters. The van der Waals surface area contributed by atoms with Crippen LogP contribution < -0.4 is 10.1 Å². The van der Waals surface area contributed by atoms with Crippen LogP contribution >= 0.6 is 11.6 Å². The number of hydrogen-bond donors (Lipinski definition) is 1. The van der Waals surface area contributed by atoms with Gasteiger partial charge in [-0.3, -0.25) is 4.79 Å². The molecule has 3 aromatic carbocycles. The van der Waals surface area contributed by atoms with Gasteiger partial charge in [0.25, 0.3) is 5.91 Å². The number of benzene rings is 3. The number of nitriles is 1. The highest BCUT2D eigenvalue weighted by Crippen LogP contribution is 2.26. The molecule has 0 aliphatic rings. The van der Waals surface area contributed by atoms with Gasteiger partial charge in [0.1, 0.15) is 29.8 Å². The highest BCUT2D eigenvalue weighted by Gasteiger charge is 2.15. The third kappa shape index (κ3) is 5.74. The van der Waals surface area contributed by atoms with Gasteiger partial charge in [-0.2, -0.15) is 5.26 Å². The van der Waals surface area contributed by atoms with Crippen LogP contribution in [0.4, 0.5) is 10.1 Å². The van der Waals surface area contributed by atoms with E-state index < -0.39 is 5.91 Å². The molecule has 37 heavy (non-hydrogen) atoms. The summed E-state index contributed by atoms with van der Waals surface area (Å²) in [6.07, 6.45) is 1.58. The van der Waals surface area contributed by atoms with Crippen LogP contribution in [0.15, 0.2) is 78.4 Å². The van der Waals surface area contributed by atoms with Gasteiger partial charge in [0.15, 0.2) is 0 Å².